The van der Waals surface area contributed by atoms with Crippen LogP contribution in [-0.4, -0.2) is 15.9 Å². The van der Waals surface area contributed by atoms with Crippen molar-refractivity contribution >= 4 is 56.5 Å². The van der Waals surface area contributed by atoms with Crippen LogP contribution in [0.1, 0.15) is 15.9 Å². The van der Waals surface area contributed by atoms with Crippen LogP contribution in [0.4, 0.5) is 9.52 Å². The Morgan fingerprint density at radius 3 is 2.53 bits per heavy atom. The molecule has 0 fully saturated rings. The molecule has 5 rings (SSSR count). The molecule has 1 amide bonds. The number of amides is 1. The van der Waals surface area contributed by atoms with Gasteiger partial charge in [0.25, 0.3) is 5.91 Å². The first-order valence-corrected chi connectivity index (χ1v) is 11.9. The highest BCUT2D eigenvalue weighted by molar-refractivity contribution is 7.14. The molecule has 2 aromatic heterocycles. The van der Waals surface area contributed by atoms with Crippen molar-refractivity contribution in [3.05, 3.63) is 99.1 Å². The molecule has 0 aliphatic heterocycles. The number of carbonyl (C=O) groups excluding carboxylic acids is 1. The molecule has 1 N–H and O–H groups in total. The summed E-state index contributed by atoms with van der Waals surface area (Å²) in [5.41, 5.74) is 4.58. The normalized spacial score (nSPS) is 11.1. The number of hydrogen-bond donors (Lipinski definition) is 1. The summed E-state index contributed by atoms with van der Waals surface area (Å²) in [5, 5.41) is 6.86. The lowest BCUT2D eigenvalue weighted by Gasteiger charge is -2.15. The van der Waals surface area contributed by atoms with Crippen molar-refractivity contribution in [3.8, 4) is 22.5 Å². The van der Waals surface area contributed by atoms with Gasteiger partial charge in [0, 0.05) is 26.9 Å². The van der Waals surface area contributed by atoms with Crippen LogP contribution >= 0.6 is 34.5 Å². The molecule has 0 unspecified atom stereocenters. The fraction of sp³-hybridized carbons (Fsp3) is 0.0385. The standard InChI is InChI=1S/C26H16Cl2FN3OS/c1-14-23(25(33)32-26-31-22(13-34-26)15-6-9-17(29)10-7-15)19-4-2-3-5-21(19)30-24(14)18-11-8-16(27)12-20(18)28/h2-13H,1H3,(H,31,32,33). The first-order valence-electron chi connectivity index (χ1n) is 10.3. The van der Waals surface area contributed by atoms with Crippen LogP contribution in [0, 0.1) is 12.7 Å². The van der Waals surface area contributed by atoms with Crippen molar-refractivity contribution < 1.29 is 9.18 Å². The van der Waals surface area contributed by atoms with Gasteiger partial charge in [0.05, 0.1) is 27.5 Å². The SMILES string of the molecule is Cc1c(-c2ccc(Cl)cc2Cl)nc2ccccc2c1C(=O)Nc1nc(-c2ccc(F)cc2)cs1. The van der Waals surface area contributed by atoms with Gasteiger partial charge >= 0.3 is 0 Å². The van der Waals surface area contributed by atoms with Crippen LogP contribution in [0.15, 0.2) is 72.1 Å². The van der Waals surface area contributed by atoms with E-state index in [1.165, 1.54) is 23.5 Å². The molecule has 0 bridgehead atoms. The molecule has 0 aliphatic carbocycles. The third-order valence-electron chi connectivity index (χ3n) is 5.41. The molecule has 0 saturated carbocycles. The van der Waals surface area contributed by atoms with Gasteiger partial charge < -0.3 is 0 Å². The minimum Gasteiger partial charge on any atom is -0.298 e. The van der Waals surface area contributed by atoms with Gasteiger partial charge in [-0.3, -0.25) is 10.1 Å². The molecule has 4 nitrogen and oxygen atoms in total. The molecule has 8 heteroatoms. The summed E-state index contributed by atoms with van der Waals surface area (Å²) in [4.78, 5) is 22.8. The smallest absolute Gasteiger partial charge is 0.258 e. The number of rotatable bonds is 4. The van der Waals surface area contributed by atoms with Crippen molar-refractivity contribution in [3.63, 3.8) is 0 Å². The lowest BCUT2D eigenvalue weighted by Crippen LogP contribution is -2.15. The highest BCUT2D eigenvalue weighted by atomic mass is 35.5. The number of aromatic nitrogens is 2. The third-order valence-corrected chi connectivity index (χ3v) is 6.72. The van der Waals surface area contributed by atoms with Crippen LogP contribution in [0.25, 0.3) is 33.4 Å². The number of nitrogens with zero attached hydrogens (tertiary/aromatic N) is 2. The molecular formula is C26H16Cl2FN3OS. The fourth-order valence-electron chi connectivity index (χ4n) is 3.79. The summed E-state index contributed by atoms with van der Waals surface area (Å²) in [6.45, 7) is 1.85. The number of pyridine rings is 1. The summed E-state index contributed by atoms with van der Waals surface area (Å²) in [6, 6.07) is 18.7. The predicted octanol–water partition coefficient (Wildman–Crippen LogP) is 8.03. The summed E-state index contributed by atoms with van der Waals surface area (Å²) >= 11 is 13.8. The summed E-state index contributed by atoms with van der Waals surface area (Å²) in [7, 11) is 0. The van der Waals surface area contributed by atoms with E-state index in [1.54, 1.807) is 30.3 Å². The van der Waals surface area contributed by atoms with Gasteiger partial charge in [0.1, 0.15) is 5.82 Å². The van der Waals surface area contributed by atoms with E-state index in [2.05, 4.69) is 10.3 Å². The Labute approximate surface area is 209 Å². The van der Waals surface area contributed by atoms with E-state index < -0.39 is 0 Å². The number of carbonyl (C=O) groups is 1. The average Bonchev–Trinajstić information content (AvgIpc) is 3.27. The lowest BCUT2D eigenvalue weighted by atomic mass is 9.97. The molecule has 34 heavy (non-hydrogen) atoms. The number of anilines is 1. The Hall–Kier alpha value is -3.32. The Balaban J connectivity index is 1.56. The number of halogens is 3. The van der Waals surface area contributed by atoms with Gasteiger partial charge in [0.15, 0.2) is 5.13 Å². The van der Waals surface area contributed by atoms with Crippen LogP contribution in [0.5, 0.6) is 0 Å². The monoisotopic (exact) mass is 507 g/mol. The second-order valence-corrected chi connectivity index (χ2v) is 9.30. The summed E-state index contributed by atoms with van der Waals surface area (Å²) < 4.78 is 13.2. The van der Waals surface area contributed by atoms with E-state index in [4.69, 9.17) is 28.2 Å². The van der Waals surface area contributed by atoms with Gasteiger partial charge in [-0.15, -0.1) is 11.3 Å². The number of nitrogens with one attached hydrogen (secondary N) is 1. The highest BCUT2D eigenvalue weighted by Crippen LogP contribution is 2.35. The molecule has 2 heterocycles. The zero-order valence-electron chi connectivity index (χ0n) is 17.8. The second-order valence-electron chi connectivity index (χ2n) is 7.60. The molecule has 5 aromatic rings. The minimum atomic E-state index is -0.316. The van der Waals surface area contributed by atoms with E-state index in [1.807, 2.05) is 36.6 Å². The van der Waals surface area contributed by atoms with E-state index in [-0.39, 0.29) is 11.7 Å². The zero-order valence-corrected chi connectivity index (χ0v) is 20.1. The topological polar surface area (TPSA) is 54.9 Å². The lowest BCUT2D eigenvalue weighted by molar-refractivity contribution is 0.102. The van der Waals surface area contributed by atoms with Crippen LogP contribution in [0.3, 0.4) is 0 Å². The maximum absolute atomic E-state index is 13.5. The first kappa shape index (κ1) is 22.5. The number of para-hydroxylation sites is 1. The summed E-state index contributed by atoms with van der Waals surface area (Å²) in [5.74, 6) is -0.619. The quantitative estimate of drug-likeness (QED) is 0.267. The molecule has 0 aliphatic rings. The summed E-state index contributed by atoms with van der Waals surface area (Å²) in [6.07, 6.45) is 0. The van der Waals surface area contributed by atoms with E-state index in [9.17, 15) is 9.18 Å². The van der Waals surface area contributed by atoms with Crippen molar-refractivity contribution in [2.24, 2.45) is 0 Å². The van der Waals surface area contributed by atoms with Gasteiger partial charge in [-0.05, 0) is 61.0 Å². The van der Waals surface area contributed by atoms with Crippen LogP contribution in [0.2, 0.25) is 10.0 Å². The minimum absolute atomic E-state index is 0.303. The van der Waals surface area contributed by atoms with E-state index in [0.717, 1.165) is 10.9 Å². The molecule has 0 spiro atoms. The van der Waals surface area contributed by atoms with Crippen molar-refractivity contribution in [1.82, 2.24) is 9.97 Å². The first-order chi connectivity index (χ1) is 16.4. The number of hydrogen-bond acceptors (Lipinski definition) is 4. The number of benzene rings is 3. The Bertz CT molecular complexity index is 1550. The fourth-order valence-corrected chi connectivity index (χ4v) is 5.00. The highest BCUT2D eigenvalue weighted by Gasteiger charge is 2.21. The Morgan fingerprint density at radius 2 is 1.76 bits per heavy atom. The Kier molecular flexibility index (Phi) is 6.04. The molecule has 0 radical (unpaired) electrons. The maximum atomic E-state index is 13.5. The van der Waals surface area contributed by atoms with Gasteiger partial charge in [-0.25, -0.2) is 14.4 Å². The molecule has 168 valence electrons. The van der Waals surface area contributed by atoms with Crippen molar-refractivity contribution in [1.29, 1.82) is 0 Å². The van der Waals surface area contributed by atoms with E-state index >= 15 is 0 Å². The van der Waals surface area contributed by atoms with Crippen LogP contribution < -0.4 is 5.32 Å². The predicted molar refractivity (Wildman–Crippen MR) is 137 cm³/mol. The molecule has 0 saturated heterocycles. The van der Waals surface area contributed by atoms with Gasteiger partial charge in [-0.2, -0.15) is 0 Å². The van der Waals surface area contributed by atoms with Crippen LogP contribution in [-0.2, 0) is 0 Å². The zero-order chi connectivity index (χ0) is 23.8. The largest absolute Gasteiger partial charge is 0.298 e. The molecular weight excluding hydrogens is 492 g/mol. The maximum Gasteiger partial charge on any atom is 0.258 e. The third kappa shape index (κ3) is 4.28. The van der Waals surface area contributed by atoms with Gasteiger partial charge in [0.2, 0.25) is 0 Å². The van der Waals surface area contributed by atoms with Gasteiger partial charge in [-0.1, -0.05) is 41.4 Å². The second kappa shape index (κ2) is 9.14. The van der Waals surface area contributed by atoms with E-state index in [0.29, 0.717) is 48.8 Å². The molecule has 3 aromatic carbocycles. The van der Waals surface area contributed by atoms with Crippen molar-refractivity contribution in [2.75, 3.05) is 5.32 Å². The number of fused-ring (bicyclic) bond motifs is 1. The number of thiazole rings is 1. The van der Waals surface area contributed by atoms with Crippen molar-refractivity contribution in [2.45, 2.75) is 6.92 Å². The Morgan fingerprint density at radius 1 is 1.00 bits per heavy atom. The average molecular weight is 508 g/mol. The molecule has 0 atom stereocenters.